The molecule has 0 spiro atoms. The fraction of sp³-hybridized carbons (Fsp3) is 0.421. The summed E-state index contributed by atoms with van der Waals surface area (Å²) in [5.41, 5.74) is 0.675. The molecule has 1 fully saturated rings. The molecule has 1 aromatic carbocycles. The lowest BCUT2D eigenvalue weighted by Crippen LogP contribution is -2.49. The Morgan fingerprint density at radius 3 is 2.74 bits per heavy atom. The van der Waals surface area contributed by atoms with Gasteiger partial charge in [-0.05, 0) is 25.0 Å². The maximum Gasteiger partial charge on any atom is 0.409 e. The summed E-state index contributed by atoms with van der Waals surface area (Å²) in [6, 6.07) is 8.64. The first kappa shape index (κ1) is 18.9. The zero-order valence-corrected chi connectivity index (χ0v) is 15.4. The van der Waals surface area contributed by atoms with Gasteiger partial charge in [-0.2, -0.15) is 0 Å². The number of nitrogens with one attached hydrogen (secondary N) is 1. The molecule has 27 heavy (non-hydrogen) atoms. The number of anilines is 2. The SMILES string of the molecule is CCOC(=O)N1CCN(c2cc(NCCc3ccccc3F)ncn2)CC1. The quantitative estimate of drug-likeness (QED) is 0.839. The molecule has 0 unspecified atom stereocenters. The zero-order chi connectivity index (χ0) is 19.1. The number of benzene rings is 1. The Hall–Kier alpha value is -2.90. The van der Waals surface area contributed by atoms with Crippen molar-refractivity contribution < 1.29 is 13.9 Å². The van der Waals surface area contributed by atoms with E-state index in [0.717, 1.165) is 5.82 Å². The second-order valence-electron chi connectivity index (χ2n) is 6.20. The van der Waals surface area contributed by atoms with E-state index in [2.05, 4.69) is 20.2 Å². The van der Waals surface area contributed by atoms with Gasteiger partial charge in [0.1, 0.15) is 23.8 Å². The third-order valence-electron chi connectivity index (χ3n) is 4.44. The average molecular weight is 373 g/mol. The Bertz CT molecular complexity index is 765. The number of ether oxygens (including phenoxy) is 1. The van der Waals surface area contributed by atoms with Crippen molar-refractivity contribution in [3.8, 4) is 0 Å². The first-order valence-electron chi connectivity index (χ1n) is 9.13. The van der Waals surface area contributed by atoms with Gasteiger partial charge in [-0.1, -0.05) is 18.2 Å². The monoisotopic (exact) mass is 373 g/mol. The van der Waals surface area contributed by atoms with E-state index < -0.39 is 0 Å². The Morgan fingerprint density at radius 2 is 2.00 bits per heavy atom. The topological polar surface area (TPSA) is 70.6 Å². The molecule has 2 heterocycles. The van der Waals surface area contributed by atoms with Crippen molar-refractivity contribution in [2.75, 3.05) is 49.5 Å². The van der Waals surface area contributed by atoms with Crippen molar-refractivity contribution in [3.05, 3.63) is 48.0 Å². The van der Waals surface area contributed by atoms with Gasteiger partial charge in [-0.15, -0.1) is 0 Å². The predicted octanol–water partition coefficient (Wildman–Crippen LogP) is 2.55. The molecule has 1 aliphatic heterocycles. The Kier molecular flexibility index (Phi) is 6.40. The highest BCUT2D eigenvalue weighted by Gasteiger charge is 2.22. The minimum Gasteiger partial charge on any atom is -0.450 e. The molecule has 1 N–H and O–H groups in total. The molecule has 0 radical (unpaired) electrons. The highest BCUT2D eigenvalue weighted by Crippen LogP contribution is 2.17. The van der Waals surface area contributed by atoms with Crippen LogP contribution in [0, 0.1) is 5.82 Å². The Labute approximate surface area is 158 Å². The summed E-state index contributed by atoms with van der Waals surface area (Å²) in [5.74, 6) is 1.31. The molecular weight excluding hydrogens is 349 g/mol. The molecule has 144 valence electrons. The first-order chi connectivity index (χ1) is 13.2. The highest BCUT2D eigenvalue weighted by atomic mass is 19.1. The Balaban J connectivity index is 1.52. The lowest BCUT2D eigenvalue weighted by molar-refractivity contribution is 0.105. The van der Waals surface area contributed by atoms with Crippen LogP contribution in [0.3, 0.4) is 0 Å². The third kappa shape index (κ3) is 5.06. The number of hydrogen-bond acceptors (Lipinski definition) is 6. The van der Waals surface area contributed by atoms with Gasteiger partial charge < -0.3 is 19.9 Å². The average Bonchev–Trinajstić information content (AvgIpc) is 2.70. The van der Waals surface area contributed by atoms with Crippen LogP contribution in [0.2, 0.25) is 0 Å². The van der Waals surface area contributed by atoms with Crippen LogP contribution in [0.15, 0.2) is 36.7 Å². The van der Waals surface area contributed by atoms with Gasteiger partial charge in [-0.3, -0.25) is 0 Å². The summed E-state index contributed by atoms with van der Waals surface area (Å²) in [6.45, 7) is 5.32. The molecular formula is C19H24FN5O2. The number of rotatable bonds is 6. The van der Waals surface area contributed by atoms with Gasteiger partial charge in [0.25, 0.3) is 0 Å². The Morgan fingerprint density at radius 1 is 1.22 bits per heavy atom. The molecule has 0 atom stereocenters. The van der Waals surface area contributed by atoms with E-state index in [0.29, 0.717) is 57.1 Å². The molecule has 1 amide bonds. The van der Waals surface area contributed by atoms with E-state index in [-0.39, 0.29) is 11.9 Å². The van der Waals surface area contributed by atoms with Gasteiger partial charge in [-0.25, -0.2) is 19.2 Å². The van der Waals surface area contributed by atoms with Crippen molar-refractivity contribution in [1.82, 2.24) is 14.9 Å². The van der Waals surface area contributed by atoms with Crippen LogP contribution in [0.4, 0.5) is 20.8 Å². The van der Waals surface area contributed by atoms with Gasteiger partial charge in [0.05, 0.1) is 6.61 Å². The molecule has 1 aromatic heterocycles. The van der Waals surface area contributed by atoms with E-state index in [4.69, 9.17) is 4.74 Å². The van der Waals surface area contributed by atoms with Crippen LogP contribution in [0.5, 0.6) is 0 Å². The molecule has 7 nitrogen and oxygen atoms in total. The maximum atomic E-state index is 13.7. The minimum atomic E-state index is -0.268. The number of halogens is 1. The van der Waals surface area contributed by atoms with Crippen LogP contribution in [0.1, 0.15) is 12.5 Å². The van der Waals surface area contributed by atoms with E-state index in [9.17, 15) is 9.18 Å². The largest absolute Gasteiger partial charge is 0.450 e. The van der Waals surface area contributed by atoms with E-state index in [1.807, 2.05) is 12.1 Å². The van der Waals surface area contributed by atoms with Gasteiger partial charge in [0.2, 0.25) is 0 Å². The molecule has 8 heteroatoms. The number of carbonyl (C=O) groups is 1. The summed E-state index contributed by atoms with van der Waals surface area (Å²) in [5, 5.41) is 3.21. The second-order valence-corrected chi connectivity index (χ2v) is 6.20. The molecule has 3 rings (SSSR count). The number of carbonyl (C=O) groups excluding carboxylic acids is 1. The summed E-state index contributed by atoms with van der Waals surface area (Å²) < 4.78 is 18.7. The molecule has 0 saturated carbocycles. The van der Waals surface area contributed by atoms with Crippen LogP contribution in [-0.2, 0) is 11.2 Å². The van der Waals surface area contributed by atoms with Crippen molar-refractivity contribution in [2.45, 2.75) is 13.3 Å². The van der Waals surface area contributed by atoms with Crippen molar-refractivity contribution in [2.24, 2.45) is 0 Å². The smallest absolute Gasteiger partial charge is 0.409 e. The van der Waals surface area contributed by atoms with E-state index in [1.165, 1.54) is 12.4 Å². The fourth-order valence-electron chi connectivity index (χ4n) is 2.98. The fourth-order valence-corrected chi connectivity index (χ4v) is 2.98. The summed E-state index contributed by atoms with van der Waals surface area (Å²) >= 11 is 0. The van der Waals surface area contributed by atoms with Gasteiger partial charge >= 0.3 is 6.09 Å². The lowest BCUT2D eigenvalue weighted by Gasteiger charge is -2.34. The number of nitrogens with zero attached hydrogens (tertiary/aromatic N) is 4. The van der Waals surface area contributed by atoms with E-state index in [1.54, 1.807) is 24.0 Å². The summed E-state index contributed by atoms with van der Waals surface area (Å²) in [7, 11) is 0. The third-order valence-corrected chi connectivity index (χ3v) is 4.44. The number of piperazine rings is 1. The highest BCUT2D eigenvalue weighted by molar-refractivity contribution is 5.68. The summed E-state index contributed by atoms with van der Waals surface area (Å²) in [6.07, 6.45) is 1.82. The predicted molar refractivity (Wildman–Crippen MR) is 101 cm³/mol. The van der Waals surface area contributed by atoms with Crippen LogP contribution in [0.25, 0.3) is 0 Å². The van der Waals surface area contributed by atoms with Gasteiger partial charge in [0, 0.05) is 38.8 Å². The normalized spacial score (nSPS) is 14.1. The molecule has 1 aliphatic rings. The van der Waals surface area contributed by atoms with E-state index >= 15 is 0 Å². The van der Waals surface area contributed by atoms with Crippen molar-refractivity contribution in [1.29, 1.82) is 0 Å². The second kappa shape index (κ2) is 9.16. The van der Waals surface area contributed by atoms with Gasteiger partial charge in [0.15, 0.2) is 0 Å². The first-order valence-corrected chi connectivity index (χ1v) is 9.13. The number of amides is 1. The number of aromatic nitrogens is 2. The zero-order valence-electron chi connectivity index (χ0n) is 15.4. The summed E-state index contributed by atoms with van der Waals surface area (Å²) in [4.78, 5) is 24.1. The molecule has 2 aromatic rings. The minimum absolute atomic E-state index is 0.192. The number of hydrogen-bond donors (Lipinski definition) is 1. The molecule has 0 aliphatic carbocycles. The maximum absolute atomic E-state index is 13.7. The molecule has 1 saturated heterocycles. The van der Waals surface area contributed by atoms with Crippen LogP contribution >= 0.6 is 0 Å². The van der Waals surface area contributed by atoms with Crippen LogP contribution in [-0.4, -0.2) is 60.3 Å². The van der Waals surface area contributed by atoms with Crippen molar-refractivity contribution >= 4 is 17.7 Å². The molecule has 0 bridgehead atoms. The van der Waals surface area contributed by atoms with Crippen molar-refractivity contribution in [3.63, 3.8) is 0 Å². The lowest BCUT2D eigenvalue weighted by atomic mass is 10.1. The standard InChI is InChI=1S/C19H24FN5O2/c1-2-27-19(26)25-11-9-24(10-12-25)18-13-17(22-14-23-18)21-8-7-15-5-3-4-6-16(15)20/h3-6,13-14H,2,7-12H2,1H3,(H,21,22,23). The van der Waals surface area contributed by atoms with Crippen LogP contribution < -0.4 is 10.2 Å².